The molecule has 1 aromatic rings. The van der Waals surface area contributed by atoms with Crippen LogP contribution in [0, 0.1) is 21.4 Å². The van der Waals surface area contributed by atoms with Gasteiger partial charge in [0.15, 0.2) is 6.61 Å². The van der Waals surface area contributed by atoms with Crippen LogP contribution in [0.2, 0.25) is 5.02 Å². The van der Waals surface area contributed by atoms with Gasteiger partial charge in [-0.15, -0.1) is 0 Å². The van der Waals surface area contributed by atoms with Crippen LogP contribution >= 0.6 is 11.6 Å². The monoisotopic (exact) mass is 380 g/mol. The number of hydrogen-bond donors (Lipinski definition) is 2. The third-order valence-electron chi connectivity index (χ3n) is 2.95. The molecule has 0 unspecified atom stereocenters. The van der Waals surface area contributed by atoms with Gasteiger partial charge in [-0.3, -0.25) is 24.5 Å². The van der Waals surface area contributed by atoms with Crippen molar-refractivity contribution in [3.05, 3.63) is 50.2 Å². The number of halogens is 1. The molecule has 1 rings (SSSR count). The molecule has 0 aromatic heterocycles. The molecular weight excluding hydrogens is 368 g/mol. The summed E-state index contributed by atoms with van der Waals surface area (Å²) in [5.74, 6) is -2.49. The van der Waals surface area contributed by atoms with Gasteiger partial charge in [-0.1, -0.05) is 11.6 Å². The highest BCUT2D eigenvalue weighted by Gasteiger charge is 2.18. The number of nitrogens with two attached hydrogens (primary N) is 1. The van der Waals surface area contributed by atoms with E-state index in [0.29, 0.717) is 0 Å². The van der Waals surface area contributed by atoms with Crippen molar-refractivity contribution in [3.63, 3.8) is 0 Å². The number of hydrogen-bond acceptors (Lipinski definition) is 8. The summed E-state index contributed by atoms with van der Waals surface area (Å²) < 4.78 is 4.63. The second kappa shape index (κ2) is 9.14. The fourth-order valence-corrected chi connectivity index (χ4v) is 1.87. The predicted molar refractivity (Wildman–Crippen MR) is 88.9 cm³/mol. The number of esters is 1. The van der Waals surface area contributed by atoms with E-state index in [2.05, 4.69) is 10.1 Å². The van der Waals surface area contributed by atoms with E-state index in [-0.39, 0.29) is 21.9 Å². The third kappa shape index (κ3) is 5.57. The van der Waals surface area contributed by atoms with E-state index in [0.717, 1.165) is 6.07 Å². The molecule has 0 radical (unpaired) electrons. The highest BCUT2D eigenvalue weighted by atomic mass is 35.5. The molecular formula is C15H13ClN4O6. The first-order valence-corrected chi connectivity index (χ1v) is 7.32. The Morgan fingerprint density at radius 1 is 1.42 bits per heavy atom. The van der Waals surface area contributed by atoms with Gasteiger partial charge in [-0.25, -0.2) is 0 Å². The van der Waals surface area contributed by atoms with E-state index >= 15 is 0 Å². The Kier molecular flexibility index (Phi) is 7.24. The Hall–Kier alpha value is -3.45. The Labute approximate surface area is 152 Å². The number of nitrogens with zero attached hydrogens (tertiary/aromatic N) is 2. The maximum absolute atomic E-state index is 11.9. The van der Waals surface area contributed by atoms with Crippen molar-refractivity contribution in [2.45, 2.75) is 6.92 Å². The van der Waals surface area contributed by atoms with Gasteiger partial charge in [0.1, 0.15) is 23.2 Å². The number of amides is 1. The van der Waals surface area contributed by atoms with Gasteiger partial charge in [0.25, 0.3) is 11.6 Å². The minimum Gasteiger partial charge on any atom is -0.456 e. The maximum atomic E-state index is 11.9. The van der Waals surface area contributed by atoms with Crippen LogP contribution in [0.15, 0.2) is 29.5 Å². The summed E-state index contributed by atoms with van der Waals surface area (Å²) in [6.45, 7) is 0.0537. The number of carbonyl (C=O) groups excluding carboxylic acids is 3. The summed E-state index contributed by atoms with van der Waals surface area (Å²) in [5, 5.41) is 21.6. The van der Waals surface area contributed by atoms with Gasteiger partial charge >= 0.3 is 5.97 Å². The van der Waals surface area contributed by atoms with Crippen LogP contribution in [0.4, 0.5) is 5.69 Å². The standard InChI is InChI=1S/C15H13ClN4O6/c1-8(18)10(5-17)13(21)7-26-14(22)6-19-15(23)9-2-3-11(16)12(4-9)20(24)25/h2-4H,6-7,18H2,1H3,(H,19,23)/b10-8+. The molecule has 136 valence electrons. The summed E-state index contributed by atoms with van der Waals surface area (Å²) in [4.78, 5) is 45.1. The van der Waals surface area contributed by atoms with Crippen molar-refractivity contribution < 1.29 is 24.0 Å². The van der Waals surface area contributed by atoms with Gasteiger partial charge in [-0.2, -0.15) is 5.26 Å². The highest BCUT2D eigenvalue weighted by Crippen LogP contribution is 2.24. The van der Waals surface area contributed by atoms with Crippen molar-refractivity contribution in [1.29, 1.82) is 5.26 Å². The van der Waals surface area contributed by atoms with Crippen molar-refractivity contribution in [2.75, 3.05) is 13.2 Å². The Morgan fingerprint density at radius 2 is 2.08 bits per heavy atom. The SMILES string of the molecule is C/C(N)=C(/C#N)C(=O)COC(=O)CNC(=O)c1ccc(Cl)c([N+](=O)[O-])c1. The molecule has 11 heteroatoms. The van der Waals surface area contributed by atoms with Crippen LogP contribution in [0.3, 0.4) is 0 Å². The molecule has 1 amide bonds. The number of benzene rings is 1. The summed E-state index contributed by atoms with van der Waals surface area (Å²) >= 11 is 5.64. The van der Waals surface area contributed by atoms with Crippen molar-refractivity contribution in [3.8, 4) is 6.07 Å². The number of ketones is 1. The van der Waals surface area contributed by atoms with Crippen molar-refractivity contribution >= 4 is 34.9 Å². The molecule has 0 heterocycles. The fraction of sp³-hybridized carbons (Fsp3) is 0.200. The number of nitro benzene ring substituents is 1. The van der Waals surface area contributed by atoms with E-state index < -0.39 is 41.4 Å². The van der Waals surface area contributed by atoms with Crippen LogP contribution < -0.4 is 11.1 Å². The molecule has 0 atom stereocenters. The molecule has 26 heavy (non-hydrogen) atoms. The smallest absolute Gasteiger partial charge is 0.325 e. The lowest BCUT2D eigenvalue weighted by atomic mass is 10.1. The third-order valence-corrected chi connectivity index (χ3v) is 3.27. The lowest BCUT2D eigenvalue weighted by molar-refractivity contribution is -0.384. The van der Waals surface area contributed by atoms with Gasteiger partial charge < -0.3 is 15.8 Å². The lowest BCUT2D eigenvalue weighted by Crippen LogP contribution is -2.31. The van der Waals surface area contributed by atoms with E-state index in [1.165, 1.54) is 19.1 Å². The first-order valence-electron chi connectivity index (χ1n) is 6.94. The topological polar surface area (TPSA) is 165 Å². The zero-order chi connectivity index (χ0) is 19.9. The molecule has 0 aliphatic rings. The number of Topliss-reactive ketones (excluding diaryl/α,β-unsaturated/α-hetero) is 1. The number of ether oxygens (including phenoxy) is 1. The average molecular weight is 381 g/mol. The summed E-state index contributed by atoms with van der Waals surface area (Å²) in [6, 6.07) is 4.97. The largest absolute Gasteiger partial charge is 0.456 e. The van der Waals surface area contributed by atoms with Crippen LogP contribution in [-0.2, 0) is 14.3 Å². The van der Waals surface area contributed by atoms with Crippen LogP contribution in [0.5, 0.6) is 0 Å². The fourth-order valence-electron chi connectivity index (χ4n) is 1.69. The summed E-state index contributed by atoms with van der Waals surface area (Å²) in [5.41, 5.74) is 4.47. The number of nitro groups is 1. The van der Waals surface area contributed by atoms with Gasteiger partial charge in [0.2, 0.25) is 5.78 Å². The second-order valence-electron chi connectivity index (χ2n) is 4.86. The number of nitriles is 1. The zero-order valence-corrected chi connectivity index (χ0v) is 14.2. The number of nitrogens with one attached hydrogen (secondary N) is 1. The van der Waals surface area contributed by atoms with Crippen LogP contribution in [-0.4, -0.2) is 35.7 Å². The summed E-state index contributed by atoms with van der Waals surface area (Å²) in [6.07, 6.45) is 0. The zero-order valence-electron chi connectivity index (χ0n) is 13.4. The molecule has 0 bridgehead atoms. The van der Waals surface area contributed by atoms with Crippen molar-refractivity contribution in [1.82, 2.24) is 5.32 Å². The molecule has 0 fully saturated rings. The number of carbonyl (C=O) groups is 3. The van der Waals surface area contributed by atoms with Crippen LogP contribution in [0.25, 0.3) is 0 Å². The molecule has 0 aliphatic heterocycles. The molecule has 1 aromatic carbocycles. The molecule has 0 saturated carbocycles. The van der Waals surface area contributed by atoms with E-state index in [1.54, 1.807) is 6.07 Å². The van der Waals surface area contributed by atoms with Crippen molar-refractivity contribution in [2.24, 2.45) is 5.73 Å². The van der Waals surface area contributed by atoms with E-state index in [4.69, 9.17) is 22.6 Å². The molecule has 3 N–H and O–H groups in total. The first kappa shape index (κ1) is 20.6. The second-order valence-corrected chi connectivity index (χ2v) is 5.27. The molecule has 10 nitrogen and oxygen atoms in total. The summed E-state index contributed by atoms with van der Waals surface area (Å²) in [7, 11) is 0. The van der Waals surface area contributed by atoms with E-state index in [1.807, 2.05) is 0 Å². The van der Waals surface area contributed by atoms with Gasteiger partial charge in [-0.05, 0) is 19.1 Å². The predicted octanol–water partition coefficient (Wildman–Crippen LogP) is 0.847. The normalized spacial score (nSPS) is 11.0. The first-order chi connectivity index (χ1) is 12.2. The average Bonchev–Trinajstić information content (AvgIpc) is 2.58. The lowest BCUT2D eigenvalue weighted by Gasteiger charge is -2.07. The van der Waals surface area contributed by atoms with Gasteiger partial charge in [0, 0.05) is 17.3 Å². The molecule has 0 saturated heterocycles. The van der Waals surface area contributed by atoms with Gasteiger partial charge in [0.05, 0.1) is 4.92 Å². The van der Waals surface area contributed by atoms with Crippen LogP contribution in [0.1, 0.15) is 17.3 Å². The Bertz CT molecular complexity index is 839. The molecule has 0 spiro atoms. The Balaban J connectivity index is 2.61. The maximum Gasteiger partial charge on any atom is 0.325 e. The highest BCUT2D eigenvalue weighted by molar-refractivity contribution is 6.32. The van der Waals surface area contributed by atoms with E-state index in [9.17, 15) is 24.5 Å². The minimum absolute atomic E-state index is 0.00816. The minimum atomic E-state index is -0.942. The number of allylic oxidation sites excluding steroid dienone is 1. The Morgan fingerprint density at radius 3 is 2.62 bits per heavy atom. The number of rotatable bonds is 7. The quantitative estimate of drug-likeness (QED) is 0.231. The molecule has 0 aliphatic carbocycles.